The number of pyridine rings is 1. The third-order valence-corrected chi connectivity index (χ3v) is 4.85. The van der Waals surface area contributed by atoms with Crippen LogP contribution in [0.5, 0.6) is 0 Å². The monoisotopic (exact) mass is 381 g/mol. The minimum absolute atomic E-state index is 0.153. The normalized spacial score (nSPS) is 18.6. The minimum atomic E-state index is -0.743. The summed E-state index contributed by atoms with van der Waals surface area (Å²) in [5.41, 5.74) is 1.76. The van der Waals surface area contributed by atoms with Gasteiger partial charge in [-0.25, -0.2) is 14.7 Å². The molecule has 2 aromatic carbocycles. The smallest absolute Gasteiger partial charge is 0.328 e. The van der Waals surface area contributed by atoms with Gasteiger partial charge in [-0.1, -0.05) is 60.4 Å². The number of nitrogens with one attached hydrogen (secondary N) is 1. The standard InChI is InChI=1S/C24H19N3O2/c1-24(20-10-6-3-7-11-20)16-22(28)27(23(29)26-24)21-15-14-19(17-25-21)13-12-18-8-4-2-5-9-18/h2-11,14-15,17H,16H2,1H3,(H,26,29). The van der Waals surface area contributed by atoms with E-state index in [4.69, 9.17) is 0 Å². The van der Waals surface area contributed by atoms with Crippen molar-refractivity contribution in [2.45, 2.75) is 18.9 Å². The molecule has 1 aliphatic heterocycles. The van der Waals surface area contributed by atoms with Gasteiger partial charge >= 0.3 is 6.03 Å². The van der Waals surface area contributed by atoms with Gasteiger partial charge in [-0.15, -0.1) is 0 Å². The summed E-state index contributed by atoms with van der Waals surface area (Å²) in [6.45, 7) is 1.85. The van der Waals surface area contributed by atoms with Gasteiger partial charge in [0.25, 0.3) is 0 Å². The molecule has 5 heteroatoms. The molecule has 0 aliphatic carbocycles. The molecule has 1 fully saturated rings. The Balaban J connectivity index is 1.53. The fourth-order valence-corrected chi connectivity index (χ4v) is 3.30. The second-order valence-electron chi connectivity index (χ2n) is 7.06. The van der Waals surface area contributed by atoms with Crippen molar-refractivity contribution in [3.63, 3.8) is 0 Å². The number of nitrogens with zero attached hydrogens (tertiary/aromatic N) is 2. The van der Waals surface area contributed by atoms with Crippen LogP contribution in [0.15, 0.2) is 79.0 Å². The Kier molecular flexibility index (Phi) is 4.84. The van der Waals surface area contributed by atoms with Crippen molar-refractivity contribution in [3.8, 4) is 11.8 Å². The van der Waals surface area contributed by atoms with Crippen molar-refractivity contribution in [1.29, 1.82) is 0 Å². The maximum atomic E-state index is 12.8. The van der Waals surface area contributed by atoms with Crippen molar-refractivity contribution < 1.29 is 9.59 Å². The van der Waals surface area contributed by atoms with Gasteiger partial charge in [0, 0.05) is 17.3 Å². The Labute approximate surface area is 169 Å². The van der Waals surface area contributed by atoms with Crippen molar-refractivity contribution in [2.24, 2.45) is 0 Å². The predicted octanol–water partition coefficient (Wildman–Crippen LogP) is 3.84. The molecular formula is C24H19N3O2. The molecule has 1 unspecified atom stereocenters. The van der Waals surface area contributed by atoms with Crippen LogP contribution in [-0.2, 0) is 10.3 Å². The fraction of sp³-hybridized carbons (Fsp3) is 0.125. The highest BCUT2D eigenvalue weighted by atomic mass is 16.2. The molecule has 3 aromatic rings. The molecule has 1 saturated heterocycles. The number of carbonyl (C=O) groups excluding carboxylic acids is 2. The number of hydrogen-bond donors (Lipinski definition) is 1. The van der Waals surface area contributed by atoms with Crippen LogP contribution in [0.2, 0.25) is 0 Å². The molecule has 0 bridgehead atoms. The maximum absolute atomic E-state index is 12.8. The first-order valence-corrected chi connectivity index (χ1v) is 9.29. The van der Waals surface area contributed by atoms with E-state index >= 15 is 0 Å². The van der Waals surface area contributed by atoms with Crippen molar-refractivity contribution in [1.82, 2.24) is 10.3 Å². The molecule has 2 heterocycles. The van der Waals surface area contributed by atoms with Gasteiger partial charge in [0.05, 0.1) is 12.0 Å². The lowest BCUT2D eigenvalue weighted by molar-refractivity contribution is -0.120. The molecule has 1 aliphatic rings. The highest BCUT2D eigenvalue weighted by Gasteiger charge is 2.42. The third kappa shape index (κ3) is 3.87. The van der Waals surface area contributed by atoms with Gasteiger partial charge in [-0.3, -0.25) is 4.79 Å². The first-order valence-electron chi connectivity index (χ1n) is 9.29. The molecule has 0 spiro atoms. The van der Waals surface area contributed by atoms with Crippen LogP contribution >= 0.6 is 0 Å². The molecular weight excluding hydrogens is 362 g/mol. The lowest BCUT2D eigenvalue weighted by Gasteiger charge is -2.38. The molecule has 29 heavy (non-hydrogen) atoms. The largest absolute Gasteiger partial charge is 0.330 e. The highest BCUT2D eigenvalue weighted by Crippen LogP contribution is 2.30. The number of benzene rings is 2. The second-order valence-corrected chi connectivity index (χ2v) is 7.06. The summed E-state index contributed by atoms with van der Waals surface area (Å²) >= 11 is 0. The third-order valence-electron chi connectivity index (χ3n) is 4.85. The average molecular weight is 381 g/mol. The molecule has 5 nitrogen and oxygen atoms in total. The minimum Gasteiger partial charge on any atom is -0.328 e. The summed E-state index contributed by atoms with van der Waals surface area (Å²) < 4.78 is 0. The van der Waals surface area contributed by atoms with Crippen molar-refractivity contribution in [2.75, 3.05) is 4.90 Å². The molecule has 1 N–H and O–H groups in total. The highest BCUT2D eigenvalue weighted by molar-refractivity contribution is 6.16. The number of anilines is 1. The van der Waals surface area contributed by atoms with E-state index in [9.17, 15) is 9.59 Å². The summed E-state index contributed by atoms with van der Waals surface area (Å²) in [6.07, 6.45) is 1.72. The van der Waals surface area contributed by atoms with Gasteiger partial charge in [-0.05, 0) is 36.8 Å². The van der Waals surface area contributed by atoms with Gasteiger partial charge in [0.2, 0.25) is 5.91 Å². The van der Waals surface area contributed by atoms with Gasteiger partial charge in [0.1, 0.15) is 5.82 Å². The van der Waals surface area contributed by atoms with E-state index in [0.717, 1.165) is 16.0 Å². The van der Waals surface area contributed by atoms with E-state index in [-0.39, 0.29) is 18.1 Å². The molecule has 1 aromatic heterocycles. The number of hydrogen-bond acceptors (Lipinski definition) is 3. The Hall–Kier alpha value is -3.91. The zero-order valence-corrected chi connectivity index (χ0v) is 15.9. The first kappa shape index (κ1) is 18.5. The van der Waals surface area contributed by atoms with E-state index in [2.05, 4.69) is 22.1 Å². The fourth-order valence-electron chi connectivity index (χ4n) is 3.30. The predicted molar refractivity (Wildman–Crippen MR) is 111 cm³/mol. The SMILES string of the molecule is CC1(c2ccccc2)CC(=O)N(c2ccc(C#Cc3ccccc3)cn2)C(=O)N1. The van der Waals surface area contributed by atoms with E-state index < -0.39 is 11.6 Å². The lowest BCUT2D eigenvalue weighted by atomic mass is 9.86. The Bertz CT molecular complexity index is 1080. The van der Waals surface area contributed by atoms with Gasteiger partial charge in [-0.2, -0.15) is 0 Å². The summed E-state index contributed by atoms with van der Waals surface area (Å²) in [4.78, 5) is 30.9. The van der Waals surface area contributed by atoms with Crippen LogP contribution in [0.4, 0.5) is 10.6 Å². The van der Waals surface area contributed by atoms with Crippen LogP contribution in [-0.4, -0.2) is 16.9 Å². The van der Waals surface area contributed by atoms with Crippen molar-refractivity contribution >= 4 is 17.8 Å². The van der Waals surface area contributed by atoms with E-state index in [1.54, 1.807) is 18.3 Å². The van der Waals surface area contributed by atoms with E-state index in [1.807, 2.05) is 67.6 Å². The topological polar surface area (TPSA) is 62.3 Å². The number of aromatic nitrogens is 1. The number of carbonyl (C=O) groups is 2. The Morgan fingerprint density at radius 3 is 2.17 bits per heavy atom. The number of urea groups is 1. The van der Waals surface area contributed by atoms with Crippen molar-refractivity contribution in [3.05, 3.63) is 95.7 Å². The van der Waals surface area contributed by atoms with E-state index in [0.29, 0.717) is 5.56 Å². The van der Waals surface area contributed by atoms with Crippen LogP contribution in [0.1, 0.15) is 30.0 Å². The molecule has 142 valence electrons. The summed E-state index contributed by atoms with van der Waals surface area (Å²) in [7, 11) is 0. The Morgan fingerprint density at radius 1 is 0.897 bits per heavy atom. The van der Waals surface area contributed by atoms with Gasteiger partial charge < -0.3 is 5.32 Å². The molecule has 4 rings (SSSR count). The van der Waals surface area contributed by atoms with Crippen LogP contribution in [0.25, 0.3) is 0 Å². The summed E-state index contributed by atoms with van der Waals surface area (Å²) in [5.74, 6) is 6.08. The second kappa shape index (κ2) is 7.61. The number of imide groups is 1. The maximum Gasteiger partial charge on any atom is 0.330 e. The molecule has 3 amide bonds. The van der Waals surface area contributed by atoms with Crippen LogP contribution in [0, 0.1) is 11.8 Å². The number of amides is 3. The lowest BCUT2D eigenvalue weighted by Crippen LogP contribution is -2.59. The quantitative estimate of drug-likeness (QED) is 0.686. The van der Waals surface area contributed by atoms with Crippen LogP contribution < -0.4 is 10.2 Å². The number of rotatable bonds is 2. The molecule has 1 atom stereocenters. The average Bonchev–Trinajstić information content (AvgIpc) is 2.74. The Morgan fingerprint density at radius 2 is 1.55 bits per heavy atom. The molecule has 0 saturated carbocycles. The van der Waals surface area contributed by atoms with E-state index in [1.165, 1.54) is 0 Å². The first-order chi connectivity index (χ1) is 14.0. The van der Waals surface area contributed by atoms with Gasteiger partial charge in [0.15, 0.2) is 0 Å². The zero-order valence-electron chi connectivity index (χ0n) is 15.9. The zero-order chi connectivity index (χ0) is 20.3. The van der Waals surface area contributed by atoms with Crippen LogP contribution in [0.3, 0.4) is 0 Å². The summed E-state index contributed by atoms with van der Waals surface area (Å²) in [5, 5.41) is 2.95. The molecule has 0 radical (unpaired) electrons. The summed E-state index contributed by atoms with van der Waals surface area (Å²) in [6, 6.07) is 22.0.